The summed E-state index contributed by atoms with van der Waals surface area (Å²) in [7, 11) is 1.85. The minimum Gasteiger partial charge on any atom is -0.382 e. The maximum Gasteiger partial charge on any atom is 0.0919 e. The molecule has 1 unspecified atom stereocenters. The van der Waals surface area contributed by atoms with Gasteiger partial charge >= 0.3 is 0 Å². The lowest BCUT2D eigenvalue weighted by Crippen LogP contribution is -2.48. The van der Waals surface area contributed by atoms with Crippen LogP contribution < -0.4 is 16.5 Å². The third kappa shape index (κ3) is 3.23. The van der Waals surface area contributed by atoms with Crippen molar-refractivity contribution in [1.29, 1.82) is 0 Å². The number of rotatable bonds is 6. The van der Waals surface area contributed by atoms with Crippen LogP contribution >= 0.6 is 12.2 Å². The number of aromatic nitrogens is 1. The molecule has 1 aliphatic rings. The number of nitrogens with two attached hydrogens (primary N) is 1. The van der Waals surface area contributed by atoms with E-state index in [0.29, 0.717) is 13.2 Å². The molecular formula is C15H22N4OS. The van der Waals surface area contributed by atoms with Crippen LogP contribution in [0.4, 0.5) is 0 Å². The van der Waals surface area contributed by atoms with Crippen molar-refractivity contribution in [3.8, 4) is 0 Å². The fourth-order valence-electron chi connectivity index (χ4n) is 2.73. The quantitative estimate of drug-likeness (QED) is 0.419. The van der Waals surface area contributed by atoms with E-state index in [-0.39, 0.29) is 0 Å². The monoisotopic (exact) mass is 306 g/mol. The van der Waals surface area contributed by atoms with Gasteiger partial charge in [-0.15, -0.1) is 0 Å². The van der Waals surface area contributed by atoms with Crippen LogP contribution in [0.2, 0.25) is 0 Å². The summed E-state index contributed by atoms with van der Waals surface area (Å²) in [6.07, 6.45) is 8.78. The smallest absolute Gasteiger partial charge is 0.0919 e. The van der Waals surface area contributed by atoms with E-state index in [1.165, 1.54) is 0 Å². The van der Waals surface area contributed by atoms with E-state index >= 15 is 0 Å². The molecule has 0 bridgehead atoms. The van der Waals surface area contributed by atoms with Crippen LogP contribution in [0.15, 0.2) is 36.3 Å². The highest BCUT2D eigenvalue weighted by molar-refractivity contribution is 7.80. The Morgan fingerprint density at radius 1 is 1.57 bits per heavy atom. The average molecular weight is 306 g/mol. The molecule has 0 amide bonds. The summed E-state index contributed by atoms with van der Waals surface area (Å²) in [6.45, 7) is 0.920. The number of hydrogen-bond donors (Lipinski definition) is 3. The van der Waals surface area contributed by atoms with Gasteiger partial charge in [0.15, 0.2) is 0 Å². The second-order valence-electron chi connectivity index (χ2n) is 4.98. The zero-order valence-corrected chi connectivity index (χ0v) is 13.1. The predicted molar refractivity (Wildman–Crippen MR) is 87.6 cm³/mol. The summed E-state index contributed by atoms with van der Waals surface area (Å²) in [6, 6.07) is 3.99. The zero-order valence-electron chi connectivity index (χ0n) is 12.3. The fourth-order valence-corrected chi connectivity index (χ4v) is 3.06. The van der Waals surface area contributed by atoms with Crippen LogP contribution in [-0.2, 0) is 10.3 Å². The fraction of sp³-hybridized carbons (Fsp3) is 0.467. The number of hydrogen-bond acceptors (Lipinski definition) is 5. The Morgan fingerprint density at radius 3 is 3.10 bits per heavy atom. The van der Waals surface area contributed by atoms with Crippen LogP contribution in [0.3, 0.4) is 0 Å². The molecule has 4 N–H and O–H groups in total. The number of allylic oxidation sites excluding steroid dienone is 1. The molecule has 21 heavy (non-hydrogen) atoms. The molecule has 1 aromatic heterocycles. The van der Waals surface area contributed by atoms with Gasteiger partial charge in [0.2, 0.25) is 0 Å². The van der Waals surface area contributed by atoms with Gasteiger partial charge in [0, 0.05) is 26.0 Å². The topological polar surface area (TPSA) is 72.2 Å². The van der Waals surface area contributed by atoms with Gasteiger partial charge in [0.25, 0.3) is 0 Å². The molecule has 0 saturated carbocycles. The third-order valence-electron chi connectivity index (χ3n) is 3.74. The molecule has 0 aromatic carbocycles. The zero-order chi connectivity index (χ0) is 15.1. The summed E-state index contributed by atoms with van der Waals surface area (Å²) in [5.74, 6) is 0. The molecule has 2 rings (SSSR count). The maximum atomic E-state index is 5.63. The summed E-state index contributed by atoms with van der Waals surface area (Å²) in [5, 5.41) is 3.14. The molecule has 1 atom stereocenters. The van der Waals surface area contributed by atoms with E-state index in [4.69, 9.17) is 22.8 Å². The van der Waals surface area contributed by atoms with Crippen molar-refractivity contribution >= 4 is 17.2 Å². The van der Waals surface area contributed by atoms with Crippen molar-refractivity contribution in [3.05, 3.63) is 41.9 Å². The highest BCUT2D eigenvalue weighted by atomic mass is 32.1. The van der Waals surface area contributed by atoms with Gasteiger partial charge in [-0.2, -0.15) is 0 Å². The van der Waals surface area contributed by atoms with Gasteiger partial charge in [-0.3, -0.25) is 15.3 Å². The van der Waals surface area contributed by atoms with Gasteiger partial charge < -0.3 is 11.1 Å². The van der Waals surface area contributed by atoms with Gasteiger partial charge in [-0.1, -0.05) is 24.4 Å². The van der Waals surface area contributed by atoms with Gasteiger partial charge in [-0.25, -0.2) is 0 Å². The molecule has 0 radical (unpaired) electrons. The molecule has 5 nitrogen and oxygen atoms in total. The Kier molecular flexibility index (Phi) is 5.67. The lowest BCUT2D eigenvalue weighted by molar-refractivity contribution is 0.0599. The van der Waals surface area contributed by atoms with Crippen molar-refractivity contribution in [1.82, 2.24) is 15.8 Å². The van der Waals surface area contributed by atoms with Crippen molar-refractivity contribution in [2.75, 3.05) is 20.2 Å². The molecule has 0 spiro atoms. The van der Waals surface area contributed by atoms with E-state index in [1.54, 1.807) is 6.20 Å². The van der Waals surface area contributed by atoms with E-state index in [9.17, 15) is 0 Å². The molecular weight excluding hydrogens is 284 g/mol. The maximum absolute atomic E-state index is 5.63. The number of pyridine rings is 1. The lowest BCUT2D eigenvalue weighted by atomic mass is 9.71. The van der Waals surface area contributed by atoms with Crippen LogP contribution in [0.1, 0.15) is 24.8 Å². The van der Waals surface area contributed by atoms with Gasteiger partial charge in [-0.05, 0) is 30.9 Å². The SMILES string of the molecule is CNC(=S)C1(c2cccnc2)CCCC=C1NOCCN. The third-order valence-corrected chi connectivity index (χ3v) is 4.29. The molecule has 114 valence electrons. The Morgan fingerprint density at radius 2 is 2.43 bits per heavy atom. The highest BCUT2D eigenvalue weighted by Crippen LogP contribution is 2.40. The molecule has 1 heterocycles. The van der Waals surface area contributed by atoms with Crippen molar-refractivity contribution in [2.45, 2.75) is 24.7 Å². The first-order valence-electron chi connectivity index (χ1n) is 7.17. The van der Waals surface area contributed by atoms with E-state index < -0.39 is 5.41 Å². The second kappa shape index (κ2) is 7.49. The normalized spacial score (nSPS) is 21.5. The van der Waals surface area contributed by atoms with Crippen molar-refractivity contribution in [3.63, 3.8) is 0 Å². The van der Waals surface area contributed by atoms with Gasteiger partial charge in [0.05, 0.1) is 22.7 Å². The first-order chi connectivity index (χ1) is 10.3. The van der Waals surface area contributed by atoms with Crippen molar-refractivity contribution < 1.29 is 4.84 Å². The minimum absolute atomic E-state index is 0.412. The molecule has 0 saturated heterocycles. The Balaban J connectivity index is 2.39. The predicted octanol–water partition coefficient (Wildman–Crippen LogP) is 1.41. The number of thiocarbonyl (C=S) groups is 1. The van der Waals surface area contributed by atoms with Gasteiger partial charge in [0.1, 0.15) is 0 Å². The minimum atomic E-state index is -0.412. The second-order valence-corrected chi connectivity index (χ2v) is 5.38. The molecule has 1 aromatic rings. The summed E-state index contributed by atoms with van der Waals surface area (Å²) < 4.78 is 0. The largest absolute Gasteiger partial charge is 0.382 e. The first-order valence-corrected chi connectivity index (χ1v) is 7.57. The van der Waals surface area contributed by atoms with Crippen molar-refractivity contribution in [2.24, 2.45) is 5.73 Å². The van der Waals surface area contributed by atoms with Crippen LogP contribution in [0, 0.1) is 0 Å². The molecule has 1 aliphatic carbocycles. The van der Waals surface area contributed by atoms with E-state index in [1.807, 2.05) is 19.3 Å². The molecule has 0 fully saturated rings. The average Bonchev–Trinajstić information content (AvgIpc) is 2.55. The standard InChI is InChI=1S/C15H22N4OS/c1-17-14(21)15(12-5-4-9-18-11-12)7-3-2-6-13(15)19-20-10-8-16/h4-6,9,11,19H,2-3,7-8,10,16H2,1H3,(H,17,21). The van der Waals surface area contributed by atoms with Crippen LogP contribution in [0.5, 0.6) is 0 Å². The lowest BCUT2D eigenvalue weighted by Gasteiger charge is -2.39. The number of hydroxylamine groups is 1. The summed E-state index contributed by atoms with van der Waals surface area (Å²) in [5.41, 5.74) is 10.2. The summed E-state index contributed by atoms with van der Waals surface area (Å²) >= 11 is 5.63. The first kappa shape index (κ1) is 15.9. The Bertz CT molecular complexity index is 506. The number of nitrogens with one attached hydrogen (secondary N) is 2. The van der Waals surface area contributed by atoms with E-state index in [2.05, 4.69) is 27.9 Å². The molecule has 0 aliphatic heterocycles. The van der Waals surface area contributed by atoms with Crippen LogP contribution in [0.25, 0.3) is 0 Å². The highest BCUT2D eigenvalue weighted by Gasteiger charge is 2.42. The van der Waals surface area contributed by atoms with Crippen LogP contribution in [-0.4, -0.2) is 30.2 Å². The number of nitrogens with zero attached hydrogens (tertiary/aromatic N) is 1. The number of likely N-dealkylation sites (N-methyl/N-ethyl adjacent to an activating group) is 1. The summed E-state index contributed by atoms with van der Waals surface area (Å²) in [4.78, 5) is 10.5. The Hall–Kier alpha value is -1.50. The van der Waals surface area contributed by atoms with E-state index in [0.717, 1.165) is 35.5 Å². The molecule has 6 heteroatoms. The Labute approximate surface area is 130 Å².